The second kappa shape index (κ2) is 10.3. The molecule has 2 aliphatic rings. The number of aromatic nitrogens is 1. The van der Waals surface area contributed by atoms with Crippen LogP contribution in [0.1, 0.15) is 24.8 Å². The van der Waals surface area contributed by atoms with E-state index < -0.39 is 5.91 Å². The summed E-state index contributed by atoms with van der Waals surface area (Å²) in [5, 5.41) is 12.0. The third-order valence-corrected chi connectivity index (χ3v) is 5.94. The number of carbonyl (C=O) groups excluding carboxylic acids is 2. The third-order valence-electron chi connectivity index (χ3n) is 5.94. The molecule has 2 aromatic rings. The van der Waals surface area contributed by atoms with Crippen molar-refractivity contribution < 1.29 is 19.3 Å². The number of aliphatic hydroxyl groups is 1. The van der Waals surface area contributed by atoms with Crippen molar-refractivity contribution in [2.45, 2.75) is 38.3 Å². The summed E-state index contributed by atoms with van der Waals surface area (Å²) in [4.78, 5) is 32.1. The third kappa shape index (κ3) is 5.59. The minimum atomic E-state index is -0.566. The predicted octanol–water partition coefficient (Wildman–Crippen LogP) is -0.215. The van der Waals surface area contributed by atoms with Gasteiger partial charge in [0, 0.05) is 37.4 Å². The molecule has 3 N–H and O–H groups in total. The lowest BCUT2D eigenvalue weighted by atomic mass is 10.1. The summed E-state index contributed by atoms with van der Waals surface area (Å²) >= 11 is 0. The van der Waals surface area contributed by atoms with Crippen molar-refractivity contribution in [1.29, 1.82) is 0 Å². The molecule has 0 radical (unpaired) electrons. The normalized spacial score (nSPS) is 16.9. The SMILES string of the molecule is NC(=O)C1=NC[N+]([C@H](CO)CCn2ccc3c2=CC(=NC(=O)CCc2ccccc2)CC=3)=C1. The molecule has 1 aromatic heterocycles. The van der Waals surface area contributed by atoms with E-state index in [0.29, 0.717) is 38.9 Å². The molecule has 8 heteroatoms. The Kier molecular flexibility index (Phi) is 7.04. The number of nitrogens with zero attached hydrogens (tertiary/aromatic N) is 4. The predicted molar refractivity (Wildman–Crippen MR) is 128 cm³/mol. The fourth-order valence-corrected chi connectivity index (χ4v) is 4.07. The van der Waals surface area contributed by atoms with Gasteiger partial charge in [-0.15, -0.1) is 0 Å². The van der Waals surface area contributed by atoms with E-state index in [1.54, 1.807) is 6.21 Å². The molecular weight excluding hydrogens is 418 g/mol. The van der Waals surface area contributed by atoms with Gasteiger partial charge in [-0.05, 0) is 29.3 Å². The molecule has 0 saturated carbocycles. The number of benzene rings is 1. The van der Waals surface area contributed by atoms with Crippen LogP contribution < -0.4 is 16.3 Å². The second-order valence-electron chi connectivity index (χ2n) is 8.20. The molecule has 0 fully saturated rings. The van der Waals surface area contributed by atoms with Crippen LogP contribution in [0.3, 0.4) is 0 Å². The van der Waals surface area contributed by atoms with Gasteiger partial charge in [0.05, 0.1) is 5.71 Å². The van der Waals surface area contributed by atoms with Gasteiger partial charge >= 0.3 is 0 Å². The lowest BCUT2D eigenvalue weighted by Gasteiger charge is -2.12. The molecule has 2 heterocycles. The van der Waals surface area contributed by atoms with Crippen LogP contribution in [0.15, 0.2) is 52.6 Å². The van der Waals surface area contributed by atoms with Crippen LogP contribution in [0.4, 0.5) is 0 Å². The van der Waals surface area contributed by atoms with E-state index in [4.69, 9.17) is 5.73 Å². The Bertz CT molecular complexity index is 1250. The molecule has 0 spiro atoms. The van der Waals surface area contributed by atoms with Gasteiger partial charge in [0.2, 0.25) is 12.6 Å². The first-order valence-corrected chi connectivity index (χ1v) is 11.1. The van der Waals surface area contributed by atoms with Gasteiger partial charge < -0.3 is 15.4 Å². The fourth-order valence-electron chi connectivity index (χ4n) is 4.07. The molecule has 1 aliphatic heterocycles. The highest BCUT2D eigenvalue weighted by atomic mass is 16.3. The maximum atomic E-state index is 12.4. The van der Waals surface area contributed by atoms with Crippen LogP contribution in [-0.2, 0) is 22.6 Å². The van der Waals surface area contributed by atoms with Crippen molar-refractivity contribution in [3.05, 3.63) is 58.7 Å². The lowest BCUT2D eigenvalue weighted by Crippen LogP contribution is -2.36. The molecule has 170 valence electrons. The first kappa shape index (κ1) is 22.5. The Hall–Kier alpha value is -3.65. The fraction of sp³-hybridized carbons (Fsp3) is 0.320. The van der Waals surface area contributed by atoms with Crippen LogP contribution in [-0.4, -0.2) is 63.0 Å². The molecule has 1 atom stereocenters. The number of rotatable bonds is 9. The number of hydrogen-bond acceptors (Lipinski definition) is 4. The first-order valence-electron chi connectivity index (χ1n) is 11.1. The minimum Gasteiger partial charge on any atom is -0.389 e. The van der Waals surface area contributed by atoms with Crippen molar-refractivity contribution >= 4 is 41.6 Å². The summed E-state index contributed by atoms with van der Waals surface area (Å²) < 4.78 is 3.94. The summed E-state index contributed by atoms with van der Waals surface area (Å²) in [6.07, 6.45) is 10.0. The van der Waals surface area contributed by atoms with Crippen LogP contribution in [0.25, 0.3) is 12.2 Å². The number of aliphatic hydroxyl groups excluding tert-OH is 1. The summed E-state index contributed by atoms with van der Waals surface area (Å²) in [6, 6.07) is 11.8. The molecule has 0 bridgehead atoms. The number of amides is 2. The van der Waals surface area contributed by atoms with Gasteiger partial charge in [-0.3, -0.25) is 9.59 Å². The molecule has 1 aliphatic carbocycles. The average molecular weight is 447 g/mol. The van der Waals surface area contributed by atoms with E-state index in [0.717, 1.165) is 21.8 Å². The maximum absolute atomic E-state index is 12.4. The van der Waals surface area contributed by atoms with Crippen LogP contribution in [0.2, 0.25) is 0 Å². The highest BCUT2D eigenvalue weighted by Crippen LogP contribution is 2.06. The summed E-state index contributed by atoms with van der Waals surface area (Å²) in [7, 11) is 0. The van der Waals surface area contributed by atoms with Crippen molar-refractivity contribution in [2.24, 2.45) is 15.7 Å². The minimum absolute atomic E-state index is 0.0556. The number of nitrogens with two attached hydrogens (primary N) is 1. The van der Waals surface area contributed by atoms with Crippen molar-refractivity contribution in [3.63, 3.8) is 0 Å². The molecule has 33 heavy (non-hydrogen) atoms. The van der Waals surface area contributed by atoms with E-state index in [1.807, 2.05) is 53.2 Å². The lowest BCUT2D eigenvalue weighted by molar-refractivity contribution is -0.560. The van der Waals surface area contributed by atoms with Crippen LogP contribution in [0.5, 0.6) is 0 Å². The van der Waals surface area contributed by atoms with Gasteiger partial charge in [0.1, 0.15) is 6.61 Å². The van der Waals surface area contributed by atoms with E-state index >= 15 is 0 Å². The Labute approximate surface area is 191 Å². The van der Waals surface area contributed by atoms with Crippen LogP contribution in [0, 0.1) is 0 Å². The van der Waals surface area contributed by atoms with Gasteiger partial charge in [-0.2, -0.15) is 0 Å². The molecule has 4 rings (SSSR count). The van der Waals surface area contributed by atoms with E-state index in [2.05, 4.69) is 20.6 Å². The number of aliphatic imine (C=N–C) groups is 2. The number of fused-ring (bicyclic) bond motifs is 1. The topological polar surface area (TPSA) is 113 Å². The second-order valence-corrected chi connectivity index (χ2v) is 8.20. The van der Waals surface area contributed by atoms with E-state index in [1.165, 1.54) is 0 Å². The zero-order valence-corrected chi connectivity index (χ0v) is 18.4. The summed E-state index contributed by atoms with van der Waals surface area (Å²) in [5.74, 6) is -0.681. The number of hydrogen-bond donors (Lipinski definition) is 2. The van der Waals surface area contributed by atoms with Gasteiger partial charge in [0.15, 0.2) is 18.0 Å². The van der Waals surface area contributed by atoms with Crippen molar-refractivity contribution in [1.82, 2.24) is 4.57 Å². The maximum Gasteiger partial charge on any atom is 0.273 e. The molecule has 2 amide bonds. The van der Waals surface area contributed by atoms with Gasteiger partial charge in [-0.25, -0.2) is 14.6 Å². The Morgan fingerprint density at radius 2 is 2.06 bits per heavy atom. The van der Waals surface area contributed by atoms with Gasteiger partial charge in [0.25, 0.3) is 5.91 Å². The smallest absolute Gasteiger partial charge is 0.273 e. The van der Waals surface area contributed by atoms with Crippen LogP contribution >= 0.6 is 0 Å². The molecule has 0 saturated heterocycles. The first-order chi connectivity index (χ1) is 16.0. The van der Waals surface area contributed by atoms with Gasteiger partial charge in [-0.1, -0.05) is 36.4 Å². The Morgan fingerprint density at radius 1 is 1.24 bits per heavy atom. The summed E-state index contributed by atoms with van der Waals surface area (Å²) in [5.41, 5.74) is 7.40. The Morgan fingerprint density at radius 3 is 2.79 bits per heavy atom. The average Bonchev–Trinajstić information content (AvgIpc) is 3.47. The van der Waals surface area contributed by atoms with Crippen molar-refractivity contribution in [2.75, 3.05) is 13.3 Å². The number of aryl methyl sites for hydroxylation is 2. The molecule has 8 nitrogen and oxygen atoms in total. The zero-order valence-electron chi connectivity index (χ0n) is 18.4. The molecule has 1 aromatic carbocycles. The summed E-state index contributed by atoms with van der Waals surface area (Å²) in [6.45, 7) is 0.922. The Balaban J connectivity index is 1.42. The number of carbonyl (C=O) groups is 2. The highest BCUT2D eigenvalue weighted by molar-refractivity contribution is 6.59. The monoisotopic (exact) mass is 446 g/mol. The molecular formula is C25H28N5O3+. The van der Waals surface area contributed by atoms with Crippen molar-refractivity contribution in [3.8, 4) is 0 Å². The standard InChI is InChI=1S/C25H27N5O3/c26-25(33)22-15-30(17-27-22)21(16-31)11-13-29-12-10-19-7-8-20(14-23(19)29)28-24(32)9-6-18-4-2-1-3-5-18/h1-5,7,10,12,14-15,21,31H,6,8-9,11,13,16-17H2,(H-,26,33)/p+1/t21-/m0/s1. The van der Waals surface area contributed by atoms with E-state index in [-0.39, 0.29) is 24.3 Å². The largest absolute Gasteiger partial charge is 0.389 e. The quantitative estimate of drug-likeness (QED) is 0.520. The number of primary amides is 1. The molecule has 0 unspecified atom stereocenters. The van der Waals surface area contributed by atoms with E-state index in [9.17, 15) is 14.7 Å². The zero-order chi connectivity index (χ0) is 23.2. The highest BCUT2D eigenvalue weighted by Gasteiger charge is 2.26.